The average Bonchev–Trinajstić information content (AvgIpc) is 3.21. The number of nitro benzene ring substituents is 1. The van der Waals surface area contributed by atoms with Crippen LogP contribution in [-0.2, 0) is 4.79 Å². The third-order valence-corrected chi connectivity index (χ3v) is 4.05. The summed E-state index contributed by atoms with van der Waals surface area (Å²) in [5.74, 6) is 0.324. The van der Waals surface area contributed by atoms with Crippen molar-refractivity contribution in [2.75, 3.05) is 19.0 Å². The lowest BCUT2D eigenvalue weighted by molar-refractivity contribution is -0.384. The molecule has 3 rings (SSSR count). The Morgan fingerprint density at radius 1 is 1.17 bits per heavy atom. The predicted octanol–water partition coefficient (Wildman–Crippen LogP) is 2.96. The topological polar surface area (TPSA) is 111 Å². The number of methoxy groups -OCH3 is 1. The molecule has 0 unspecified atom stereocenters. The number of non-ortho nitro benzene ring substituents is 1. The van der Waals surface area contributed by atoms with Gasteiger partial charge in [-0.25, -0.2) is 5.43 Å². The summed E-state index contributed by atoms with van der Waals surface area (Å²) >= 11 is 0. The standard InChI is InChI=1S/C20H19N5O4/c1-29-19-7-3-2-6-18(19)21-14-20(26)23-22-13-17-5-4-12-24(17)15-8-10-16(11-9-15)25(27)28/h2-13,21H,14H2,1H3,(H,23,26)/b22-13-. The van der Waals surface area contributed by atoms with Crippen LogP contribution in [0.4, 0.5) is 11.4 Å². The molecule has 1 amide bonds. The normalized spacial score (nSPS) is 10.7. The Morgan fingerprint density at radius 3 is 2.66 bits per heavy atom. The first kappa shape index (κ1) is 19.6. The van der Waals surface area contributed by atoms with Gasteiger partial charge in [0.05, 0.1) is 36.2 Å². The fraction of sp³-hybridized carbons (Fsp3) is 0.100. The van der Waals surface area contributed by atoms with Crippen molar-refractivity contribution in [2.24, 2.45) is 5.10 Å². The second-order valence-electron chi connectivity index (χ2n) is 5.92. The second-order valence-corrected chi connectivity index (χ2v) is 5.92. The smallest absolute Gasteiger partial charge is 0.269 e. The van der Waals surface area contributed by atoms with Gasteiger partial charge in [-0.3, -0.25) is 14.9 Å². The number of carbonyl (C=O) groups excluding carboxylic acids is 1. The number of aromatic nitrogens is 1. The molecule has 2 aromatic carbocycles. The zero-order chi connectivity index (χ0) is 20.6. The molecule has 148 valence electrons. The van der Waals surface area contributed by atoms with E-state index >= 15 is 0 Å². The van der Waals surface area contributed by atoms with Gasteiger partial charge in [-0.2, -0.15) is 5.10 Å². The highest BCUT2D eigenvalue weighted by Crippen LogP contribution is 2.22. The largest absolute Gasteiger partial charge is 0.495 e. The molecule has 9 nitrogen and oxygen atoms in total. The molecule has 1 heterocycles. The summed E-state index contributed by atoms with van der Waals surface area (Å²) in [7, 11) is 1.56. The number of benzene rings is 2. The zero-order valence-electron chi connectivity index (χ0n) is 15.6. The predicted molar refractivity (Wildman–Crippen MR) is 110 cm³/mol. The van der Waals surface area contributed by atoms with Crippen molar-refractivity contribution < 1.29 is 14.5 Å². The number of amides is 1. The highest BCUT2D eigenvalue weighted by Gasteiger charge is 2.07. The van der Waals surface area contributed by atoms with Crippen LogP contribution in [0.2, 0.25) is 0 Å². The van der Waals surface area contributed by atoms with Gasteiger partial charge in [-0.15, -0.1) is 0 Å². The van der Waals surface area contributed by atoms with Crippen molar-refractivity contribution in [3.63, 3.8) is 0 Å². The molecule has 0 fully saturated rings. The van der Waals surface area contributed by atoms with Crippen LogP contribution in [0.25, 0.3) is 5.69 Å². The molecule has 0 saturated heterocycles. The number of rotatable bonds is 8. The van der Waals surface area contributed by atoms with Crippen molar-refractivity contribution >= 4 is 23.5 Å². The van der Waals surface area contributed by atoms with Crippen LogP contribution >= 0.6 is 0 Å². The van der Waals surface area contributed by atoms with Crippen molar-refractivity contribution in [2.45, 2.75) is 0 Å². The first-order chi connectivity index (χ1) is 14.1. The second kappa shape index (κ2) is 9.18. The quantitative estimate of drug-likeness (QED) is 0.347. The number of nitrogens with zero attached hydrogens (tertiary/aromatic N) is 3. The average molecular weight is 393 g/mol. The van der Waals surface area contributed by atoms with Gasteiger partial charge in [-0.05, 0) is 36.4 Å². The lowest BCUT2D eigenvalue weighted by Gasteiger charge is -2.09. The fourth-order valence-corrected chi connectivity index (χ4v) is 2.65. The van der Waals surface area contributed by atoms with E-state index < -0.39 is 4.92 Å². The van der Waals surface area contributed by atoms with Gasteiger partial charge in [0.2, 0.25) is 0 Å². The molecule has 0 aliphatic rings. The minimum atomic E-state index is -0.448. The minimum absolute atomic E-state index is 0.0194. The van der Waals surface area contributed by atoms with E-state index in [1.165, 1.54) is 18.3 Å². The molecule has 1 aromatic heterocycles. The molecular formula is C20H19N5O4. The molecule has 0 radical (unpaired) electrons. The molecule has 0 aliphatic heterocycles. The number of hydrogen-bond donors (Lipinski definition) is 2. The van der Waals surface area contributed by atoms with E-state index in [-0.39, 0.29) is 18.1 Å². The monoisotopic (exact) mass is 393 g/mol. The SMILES string of the molecule is COc1ccccc1NCC(=O)N/N=C\c1cccn1-c1ccc([N+](=O)[O-])cc1. The van der Waals surface area contributed by atoms with Gasteiger partial charge in [0.1, 0.15) is 5.75 Å². The number of hydrogen-bond acceptors (Lipinski definition) is 6. The van der Waals surface area contributed by atoms with E-state index in [4.69, 9.17) is 4.74 Å². The molecule has 29 heavy (non-hydrogen) atoms. The Labute approximate surface area is 166 Å². The Morgan fingerprint density at radius 2 is 1.93 bits per heavy atom. The summed E-state index contributed by atoms with van der Waals surface area (Å²) in [6, 6.07) is 17.1. The van der Waals surface area contributed by atoms with Gasteiger partial charge in [0.15, 0.2) is 0 Å². The molecule has 9 heteroatoms. The van der Waals surface area contributed by atoms with E-state index in [1.54, 1.807) is 36.1 Å². The molecule has 0 bridgehead atoms. The Balaban J connectivity index is 1.59. The lowest BCUT2D eigenvalue weighted by Crippen LogP contribution is -2.26. The number of nitro groups is 1. The summed E-state index contributed by atoms with van der Waals surface area (Å²) in [5, 5.41) is 17.7. The number of hydrazone groups is 1. The van der Waals surface area contributed by atoms with Crippen LogP contribution in [0.1, 0.15) is 5.69 Å². The number of anilines is 1. The first-order valence-corrected chi connectivity index (χ1v) is 8.69. The van der Waals surface area contributed by atoms with Crippen molar-refractivity contribution in [1.82, 2.24) is 9.99 Å². The Kier molecular flexibility index (Phi) is 6.21. The number of carbonyl (C=O) groups is 1. The third-order valence-electron chi connectivity index (χ3n) is 4.05. The number of nitrogens with one attached hydrogen (secondary N) is 2. The Bertz CT molecular complexity index is 1030. The highest BCUT2D eigenvalue weighted by molar-refractivity contribution is 5.84. The van der Waals surface area contributed by atoms with E-state index in [0.29, 0.717) is 17.1 Å². The summed E-state index contributed by atoms with van der Waals surface area (Å²) in [5.41, 5.74) is 4.63. The molecule has 2 N–H and O–H groups in total. The maximum absolute atomic E-state index is 12.0. The van der Waals surface area contributed by atoms with E-state index in [2.05, 4.69) is 15.8 Å². The van der Waals surface area contributed by atoms with Gasteiger partial charge in [-0.1, -0.05) is 12.1 Å². The summed E-state index contributed by atoms with van der Waals surface area (Å²) in [6.07, 6.45) is 3.30. The molecule has 3 aromatic rings. The summed E-state index contributed by atoms with van der Waals surface area (Å²) < 4.78 is 7.02. The van der Waals surface area contributed by atoms with Crippen LogP contribution in [0.15, 0.2) is 72.0 Å². The van der Waals surface area contributed by atoms with Crippen LogP contribution in [0.5, 0.6) is 5.75 Å². The van der Waals surface area contributed by atoms with Crippen molar-refractivity contribution in [3.8, 4) is 11.4 Å². The molecule has 0 aliphatic carbocycles. The molecule has 0 saturated carbocycles. The van der Waals surface area contributed by atoms with Crippen molar-refractivity contribution in [1.29, 1.82) is 0 Å². The number of ether oxygens (including phenoxy) is 1. The first-order valence-electron chi connectivity index (χ1n) is 8.69. The fourth-order valence-electron chi connectivity index (χ4n) is 2.65. The zero-order valence-corrected chi connectivity index (χ0v) is 15.6. The van der Waals surface area contributed by atoms with Gasteiger partial charge < -0.3 is 14.6 Å². The van der Waals surface area contributed by atoms with Gasteiger partial charge in [0, 0.05) is 24.0 Å². The molecule has 0 spiro atoms. The molecular weight excluding hydrogens is 374 g/mol. The van der Waals surface area contributed by atoms with E-state index in [9.17, 15) is 14.9 Å². The van der Waals surface area contributed by atoms with Crippen LogP contribution in [-0.4, -0.2) is 35.3 Å². The van der Waals surface area contributed by atoms with Crippen LogP contribution < -0.4 is 15.5 Å². The maximum atomic E-state index is 12.0. The van der Waals surface area contributed by atoms with E-state index in [0.717, 1.165) is 5.69 Å². The van der Waals surface area contributed by atoms with E-state index in [1.807, 2.05) is 30.3 Å². The highest BCUT2D eigenvalue weighted by atomic mass is 16.6. The summed E-state index contributed by atoms with van der Waals surface area (Å²) in [6.45, 7) is 0.0288. The maximum Gasteiger partial charge on any atom is 0.269 e. The van der Waals surface area contributed by atoms with Crippen molar-refractivity contribution in [3.05, 3.63) is 82.7 Å². The van der Waals surface area contributed by atoms with Gasteiger partial charge in [0.25, 0.3) is 11.6 Å². The van der Waals surface area contributed by atoms with Gasteiger partial charge >= 0.3 is 0 Å². The number of para-hydroxylation sites is 2. The van der Waals surface area contributed by atoms with Crippen LogP contribution in [0, 0.1) is 10.1 Å². The third kappa shape index (κ3) is 4.98. The Hall–Kier alpha value is -4.14. The lowest BCUT2D eigenvalue weighted by atomic mass is 10.3. The summed E-state index contributed by atoms with van der Waals surface area (Å²) in [4.78, 5) is 22.3. The van der Waals surface area contributed by atoms with Crippen LogP contribution in [0.3, 0.4) is 0 Å². The minimum Gasteiger partial charge on any atom is -0.495 e. The molecule has 0 atom stereocenters.